The van der Waals surface area contributed by atoms with Crippen molar-refractivity contribution < 1.29 is 9.72 Å². The van der Waals surface area contributed by atoms with E-state index in [1.807, 2.05) is 0 Å². The van der Waals surface area contributed by atoms with Crippen LogP contribution in [0, 0.1) is 10.1 Å². The van der Waals surface area contributed by atoms with Gasteiger partial charge in [0.15, 0.2) is 0 Å². The summed E-state index contributed by atoms with van der Waals surface area (Å²) in [5.41, 5.74) is 0.879. The largest absolute Gasteiger partial charge is 0.348 e. The summed E-state index contributed by atoms with van der Waals surface area (Å²) in [6, 6.07) is 10.6. The van der Waals surface area contributed by atoms with Crippen LogP contribution in [0.25, 0.3) is 0 Å². The van der Waals surface area contributed by atoms with E-state index in [0.29, 0.717) is 10.0 Å². The van der Waals surface area contributed by atoms with E-state index in [2.05, 4.69) is 5.32 Å². The fourth-order valence-corrected chi connectivity index (χ4v) is 2.02. The standard InChI is InChI=1S/C14H10Cl2N2O3/c15-12-5-4-9(6-13(12)16)8-17-14(19)10-2-1-3-11(7-10)18(20)21/h1-7H,8H2,(H,17,19). The summed E-state index contributed by atoms with van der Waals surface area (Å²) in [5, 5.41) is 14.2. The Kier molecular flexibility index (Phi) is 4.77. The van der Waals surface area contributed by atoms with Crippen molar-refractivity contribution in [3.8, 4) is 0 Å². The quantitative estimate of drug-likeness (QED) is 0.686. The van der Waals surface area contributed by atoms with E-state index in [-0.39, 0.29) is 17.8 Å². The molecule has 108 valence electrons. The Morgan fingerprint density at radius 2 is 1.90 bits per heavy atom. The van der Waals surface area contributed by atoms with E-state index in [1.54, 1.807) is 18.2 Å². The Balaban J connectivity index is 2.06. The Morgan fingerprint density at radius 3 is 2.57 bits per heavy atom. The second kappa shape index (κ2) is 6.56. The average Bonchev–Trinajstić information content (AvgIpc) is 2.48. The number of non-ortho nitro benzene ring substituents is 1. The van der Waals surface area contributed by atoms with Crippen LogP contribution >= 0.6 is 23.2 Å². The summed E-state index contributed by atoms with van der Waals surface area (Å²) >= 11 is 11.7. The van der Waals surface area contributed by atoms with Gasteiger partial charge in [0.2, 0.25) is 0 Å². The highest BCUT2D eigenvalue weighted by Gasteiger charge is 2.11. The molecule has 7 heteroatoms. The number of nitro benzene ring substituents is 1. The zero-order chi connectivity index (χ0) is 15.4. The van der Waals surface area contributed by atoms with Crippen molar-refractivity contribution in [2.75, 3.05) is 0 Å². The molecule has 0 aliphatic heterocycles. The highest BCUT2D eigenvalue weighted by Crippen LogP contribution is 2.22. The van der Waals surface area contributed by atoms with Gasteiger partial charge in [0.25, 0.3) is 11.6 Å². The Hall–Kier alpha value is -2.11. The maximum atomic E-state index is 12.0. The van der Waals surface area contributed by atoms with E-state index in [4.69, 9.17) is 23.2 Å². The normalized spacial score (nSPS) is 10.2. The molecule has 0 aliphatic rings. The first-order valence-corrected chi connectivity index (χ1v) is 6.69. The van der Waals surface area contributed by atoms with Gasteiger partial charge in [0.1, 0.15) is 0 Å². The molecule has 0 aliphatic carbocycles. The molecule has 2 aromatic rings. The first-order valence-electron chi connectivity index (χ1n) is 5.94. The van der Waals surface area contributed by atoms with Crippen molar-refractivity contribution >= 4 is 34.8 Å². The van der Waals surface area contributed by atoms with Gasteiger partial charge in [-0.15, -0.1) is 0 Å². The number of halogens is 2. The molecule has 0 heterocycles. The van der Waals surface area contributed by atoms with Crippen LogP contribution in [0.5, 0.6) is 0 Å². The number of hydrogen-bond donors (Lipinski definition) is 1. The van der Waals surface area contributed by atoms with E-state index in [9.17, 15) is 14.9 Å². The van der Waals surface area contributed by atoms with Gasteiger partial charge in [-0.2, -0.15) is 0 Å². The number of nitro groups is 1. The number of nitrogens with one attached hydrogen (secondary N) is 1. The molecule has 0 atom stereocenters. The molecular weight excluding hydrogens is 315 g/mol. The van der Waals surface area contributed by atoms with Crippen molar-refractivity contribution in [3.05, 3.63) is 73.8 Å². The minimum atomic E-state index is -0.546. The molecule has 21 heavy (non-hydrogen) atoms. The highest BCUT2D eigenvalue weighted by molar-refractivity contribution is 6.42. The molecule has 1 N–H and O–H groups in total. The summed E-state index contributed by atoms with van der Waals surface area (Å²) in [7, 11) is 0. The molecule has 0 saturated heterocycles. The van der Waals surface area contributed by atoms with Crippen LogP contribution in [0.4, 0.5) is 5.69 Å². The van der Waals surface area contributed by atoms with Crippen molar-refractivity contribution in [2.24, 2.45) is 0 Å². The summed E-state index contributed by atoms with van der Waals surface area (Å²) in [5.74, 6) is -0.398. The summed E-state index contributed by atoms with van der Waals surface area (Å²) in [6.07, 6.45) is 0. The lowest BCUT2D eigenvalue weighted by Gasteiger charge is -2.06. The van der Waals surface area contributed by atoms with Crippen LogP contribution in [-0.2, 0) is 6.54 Å². The van der Waals surface area contributed by atoms with Gasteiger partial charge in [0.05, 0.1) is 15.0 Å². The minimum absolute atomic E-state index is 0.128. The van der Waals surface area contributed by atoms with Crippen molar-refractivity contribution in [1.29, 1.82) is 0 Å². The van der Waals surface area contributed by atoms with Crippen LogP contribution in [0.3, 0.4) is 0 Å². The maximum Gasteiger partial charge on any atom is 0.270 e. The Bertz CT molecular complexity index is 704. The van der Waals surface area contributed by atoms with Crippen molar-refractivity contribution in [2.45, 2.75) is 6.54 Å². The van der Waals surface area contributed by atoms with Gasteiger partial charge in [-0.25, -0.2) is 0 Å². The number of carbonyl (C=O) groups excluding carboxylic acids is 1. The average molecular weight is 325 g/mol. The summed E-state index contributed by atoms with van der Waals surface area (Å²) in [6.45, 7) is 0.248. The monoisotopic (exact) mass is 324 g/mol. The maximum absolute atomic E-state index is 12.0. The lowest BCUT2D eigenvalue weighted by Crippen LogP contribution is -2.22. The van der Waals surface area contributed by atoms with E-state index in [0.717, 1.165) is 5.56 Å². The molecule has 0 bridgehead atoms. The predicted octanol–water partition coefficient (Wildman–Crippen LogP) is 3.83. The molecule has 0 aromatic heterocycles. The highest BCUT2D eigenvalue weighted by atomic mass is 35.5. The molecule has 0 unspecified atom stereocenters. The molecular formula is C14H10Cl2N2O3. The van der Waals surface area contributed by atoms with Crippen LogP contribution in [0.1, 0.15) is 15.9 Å². The number of nitrogens with zero attached hydrogens (tertiary/aromatic N) is 1. The third kappa shape index (κ3) is 3.93. The minimum Gasteiger partial charge on any atom is -0.348 e. The molecule has 1 amide bonds. The lowest BCUT2D eigenvalue weighted by molar-refractivity contribution is -0.384. The lowest BCUT2D eigenvalue weighted by atomic mass is 10.1. The Labute approximate surface area is 130 Å². The topological polar surface area (TPSA) is 72.2 Å². The third-order valence-corrected chi connectivity index (χ3v) is 3.50. The number of amides is 1. The molecule has 2 rings (SSSR count). The molecule has 5 nitrogen and oxygen atoms in total. The number of rotatable bonds is 4. The van der Waals surface area contributed by atoms with Gasteiger partial charge in [-0.1, -0.05) is 35.3 Å². The summed E-state index contributed by atoms with van der Waals surface area (Å²) in [4.78, 5) is 22.1. The molecule has 0 fully saturated rings. The molecule has 2 aromatic carbocycles. The van der Waals surface area contributed by atoms with Crippen LogP contribution in [0.2, 0.25) is 10.0 Å². The van der Waals surface area contributed by atoms with E-state index in [1.165, 1.54) is 24.3 Å². The second-order valence-corrected chi connectivity index (χ2v) is 5.05. The van der Waals surface area contributed by atoms with Crippen LogP contribution in [0.15, 0.2) is 42.5 Å². The van der Waals surface area contributed by atoms with Gasteiger partial charge >= 0.3 is 0 Å². The number of hydrogen-bond acceptors (Lipinski definition) is 3. The van der Waals surface area contributed by atoms with E-state index >= 15 is 0 Å². The van der Waals surface area contributed by atoms with Gasteiger partial charge in [0, 0.05) is 24.2 Å². The second-order valence-electron chi connectivity index (χ2n) is 4.24. The third-order valence-electron chi connectivity index (χ3n) is 2.76. The smallest absolute Gasteiger partial charge is 0.270 e. The zero-order valence-corrected chi connectivity index (χ0v) is 12.2. The molecule has 0 spiro atoms. The number of carbonyl (C=O) groups is 1. The summed E-state index contributed by atoms with van der Waals surface area (Å²) < 4.78 is 0. The SMILES string of the molecule is O=C(NCc1ccc(Cl)c(Cl)c1)c1cccc([N+](=O)[O-])c1. The van der Waals surface area contributed by atoms with Crippen molar-refractivity contribution in [1.82, 2.24) is 5.32 Å². The van der Waals surface area contributed by atoms with E-state index < -0.39 is 10.8 Å². The number of benzene rings is 2. The first kappa shape index (κ1) is 15.3. The van der Waals surface area contributed by atoms with Crippen LogP contribution < -0.4 is 5.32 Å². The fraction of sp³-hybridized carbons (Fsp3) is 0.0714. The predicted molar refractivity (Wildman–Crippen MR) is 80.7 cm³/mol. The van der Waals surface area contributed by atoms with Gasteiger partial charge in [-0.3, -0.25) is 14.9 Å². The zero-order valence-electron chi connectivity index (χ0n) is 10.7. The van der Waals surface area contributed by atoms with Crippen molar-refractivity contribution in [3.63, 3.8) is 0 Å². The molecule has 0 radical (unpaired) electrons. The van der Waals surface area contributed by atoms with Crippen LogP contribution in [-0.4, -0.2) is 10.8 Å². The van der Waals surface area contributed by atoms with Gasteiger partial charge in [-0.05, 0) is 23.8 Å². The first-order chi connectivity index (χ1) is 9.97. The Morgan fingerprint density at radius 1 is 1.14 bits per heavy atom. The van der Waals surface area contributed by atoms with Gasteiger partial charge < -0.3 is 5.32 Å². The molecule has 0 saturated carbocycles. The fourth-order valence-electron chi connectivity index (χ4n) is 1.69.